The zero-order valence-electron chi connectivity index (χ0n) is 11.6. The molecule has 1 aromatic rings. The fourth-order valence-corrected chi connectivity index (χ4v) is 3.66. The highest BCUT2D eigenvalue weighted by Gasteiger charge is 2.29. The number of sulfonamides is 1. The third kappa shape index (κ3) is 3.34. The van der Waals surface area contributed by atoms with Crippen LogP contribution in [0.25, 0.3) is 0 Å². The fourth-order valence-electron chi connectivity index (χ4n) is 1.84. The molecule has 0 aliphatic heterocycles. The lowest BCUT2D eigenvalue weighted by Crippen LogP contribution is -2.38. The van der Waals surface area contributed by atoms with Crippen molar-refractivity contribution in [1.29, 1.82) is 0 Å². The molecule has 0 radical (unpaired) electrons. The standard InChI is InChI=1S/C13H18FNO4S/c1-4-7-15(9(2)3)20(18,19)12-8-10(13(16)17)5-6-11(12)14/h5-6,8-9H,4,7H2,1-3H3,(H,16,17). The van der Waals surface area contributed by atoms with E-state index in [1.807, 2.05) is 6.92 Å². The topological polar surface area (TPSA) is 74.7 Å². The molecule has 20 heavy (non-hydrogen) atoms. The summed E-state index contributed by atoms with van der Waals surface area (Å²) in [5, 5.41) is 8.89. The molecule has 0 fully saturated rings. The molecule has 0 aromatic heterocycles. The molecule has 7 heteroatoms. The molecule has 0 bridgehead atoms. The summed E-state index contributed by atoms with van der Waals surface area (Å²) >= 11 is 0. The predicted molar refractivity (Wildman–Crippen MR) is 72.7 cm³/mol. The van der Waals surface area contributed by atoms with Gasteiger partial charge in [-0.1, -0.05) is 6.92 Å². The van der Waals surface area contributed by atoms with Crippen LogP contribution >= 0.6 is 0 Å². The number of aromatic carboxylic acids is 1. The minimum absolute atomic E-state index is 0.247. The molecule has 5 nitrogen and oxygen atoms in total. The van der Waals surface area contributed by atoms with Crippen LogP contribution in [-0.2, 0) is 10.0 Å². The number of carboxylic acid groups (broad SMARTS) is 1. The maximum absolute atomic E-state index is 13.8. The summed E-state index contributed by atoms with van der Waals surface area (Å²) in [7, 11) is -4.05. The molecule has 0 unspecified atom stereocenters. The van der Waals surface area contributed by atoms with Crippen molar-refractivity contribution in [1.82, 2.24) is 4.31 Å². The Hall–Kier alpha value is -1.47. The number of benzene rings is 1. The van der Waals surface area contributed by atoms with E-state index in [1.165, 1.54) is 0 Å². The Morgan fingerprint density at radius 3 is 2.45 bits per heavy atom. The number of halogens is 1. The lowest BCUT2D eigenvalue weighted by Gasteiger charge is -2.25. The Morgan fingerprint density at radius 1 is 1.40 bits per heavy atom. The predicted octanol–water partition coefficient (Wildman–Crippen LogP) is 2.33. The minimum Gasteiger partial charge on any atom is -0.478 e. The van der Waals surface area contributed by atoms with Gasteiger partial charge in [0.2, 0.25) is 10.0 Å². The lowest BCUT2D eigenvalue weighted by molar-refractivity contribution is 0.0696. The molecular formula is C13H18FNO4S. The number of rotatable bonds is 6. The quantitative estimate of drug-likeness (QED) is 0.875. The highest BCUT2D eigenvalue weighted by molar-refractivity contribution is 7.89. The number of carbonyl (C=O) groups is 1. The summed E-state index contributed by atoms with van der Waals surface area (Å²) in [5.41, 5.74) is -0.259. The van der Waals surface area contributed by atoms with Gasteiger partial charge in [0, 0.05) is 12.6 Å². The summed E-state index contributed by atoms with van der Waals surface area (Å²) in [5.74, 6) is -2.25. The molecule has 0 heterocycles. The molecule has 0 amide bonds. The van der Waals surface area contributed by atoms with Crippen LogP contribution in [0.5, 0.6) is 0 Å². The highest BCUT2D eigenvalue weighted by Crippen LogP contribution is 2.23. The average molecular weight is 303 g/mol. The van der Waals surface area contributed by atoms with Crippen molar-refractivity contribution in [2.24, 2.45) is 0 Å². The van der Waals surface area contributed by atoms with Crippen LogP contribution < -0.4 is 0 Å². The molecule has 0 aliphatic rings. The third-order valence-corrected chi connectivity index (χ3v) is 4.88. The first-order chi connectivity index (χ1) is 9.21. The zero-order valence-corrected chi connectivity index (χ0v) is 12.4. The number of hydrogen-bond donors (Lipinski definition) is 1. The van der Waals surface area contributed by atoms with E-state index in [0.29, 0.717) is 6.42 Å². The van der Waals surface area contributed by atoms with Gasteiger partial charge in [0.15, 0.2) is 0 Å². The van der Waals surface area contributed by atoms with Gasteiger partial charge in [0.1, 0.15) is 10.7 Å². The van der Waals surface area contributed by atoms with Crippen LogP contribution in [0.2, 0.25) is 0 Å². The number of nitrogens with zero attached hydrogens (tertiary/aromatic N) is 1. The van der Waals surface area contributed by atoms with E-state index in [1.54, 1.807) is 13.8 Å². The van der Waals surface area contributed by atoms with Crippen molar-refractivity contribution in [3.8, 4) is 0 Å². The van der Waals surface area contributed by atoms with E-state index in [0.717, 1.165) is 22.5 Å². The van der Waals surface area contributed by atoms with Crippen LogP contribution in [0.1, 0.15) is 37.6 Å². The van der Waals surface area contributed by atoms with Crippen molar-refractivity contribution >= 4 is 16.0 Å². The van der Waals surface area contributed by atoms with Gasteiger partial charge in [0.25, 0.3) is 0 Å². The van der Waals surface area contributed by atoms with Gasteiger partial charge in [-0.2, -0.15) is 4.31 Å². The molecule has 0 aliphatic carbocycles. The van der Waals surface area contributed by atoms with Crippen LogP contribution in [-0.4, -0.2) is 36.4 Å². The normalized spacial score (nSPS) is 12.1. The van der Waals surface area contributed by atoms with Gasteiger partial charge in [-0.25, -0.2) is 17.6 Å². The Bertz CT molecular complexity index is 598. The van der Waals surface area contributed by atoms with E-state index in [2.05, 4.69) is 0 Å². The molecule has 0 saturated carbocycles. The van der Waals surface area contributed by atoms with Crippen molar-refractivity contribution < 1.29 is 22.7 Å². The highest BCUT2D eigenvalue weighted by atomic mass is 32.2. The molecule has 0 saturated heterocycles. The van der Waals surface area contributed by atoms with Crippen molar-refractivity contribution in [3.05, 3.63) is 29.6 Å². The average Bonchev–Trinajstić information content (AvgIpc) is 2.35. The summed E-state index contributed by atoms with van der Waals surface area (Å²) in [6.45, 7) is 5.43. The maximum atomic E-state index is 13.8. The monoisotopic (exact) mass is 303 g/mol. The first-order valence-electron chi connectivity index (χ1n) is 6.26. The minimum atomic E-state index is -4.05. The Balaban J connectivity index is 3.40. The second-order valence-electron chi connectivity index (χ2n) is 4.66. The van der Waals surface area contributed by atoms with Gasteiger partial charge in [-0.3, -0.25) is 0 Å². The Morgan fingerprint density at radius 2 is 2.00 bits per heavy atom. The second kappa shape index (κ2) is 6.32. The van der Waals surface area contributed by atoms with Gasteiger partial charge in [-0.15, -0.1) is 0 Å². The smallest absolute Gasteiger partial charge is 0.335 e. The largest absolute Gasteiger partial charge is 0.478 e. The number of hydrogen-bond acceptors (Lipinski definition) is 3. The first kappa shape index (κ1) is 16.6. The fraction of sp³-hybridized carbons (Fsp3) is 0.462. The van der Waals surface area contributed by atoms with E-state index in [9.17, 15) is 17.6 Å². The Kier molecular flexibility index (Phi) is 5.24. The molecule has 1 rings (SSSR count). The summed E-state index contributed by atoms with van der Waals surface area (Å²) < 4.78 is 39.9. The van der Waals surface area contributed by atoms with Gasteiger partial charge in [0.05, 0.1) is 5.56 Å². The van der Waals surface area contributed by atoms with Crippen LogP contribution in [0.4, 0.5) is 4.39 Å². The summed E-state index contributed by atoms with van der Waals surface area (Å²) in [6.07, 6.45) is 0.581. The van der Waals surface area contributed by atoms with Gasteiger partial charge < -0.3 is 5.11 Å². The molecule has 1 aromatic carbocycles. The first-order valence-corrected chi connectivity index (χ1v) is 7.70. The maximum Gasteiger partial charge on any atom is 0.335 e. The van der Waals surface area contributed by atoms with Crippen LogP contribution in [0.15, 0.2) is 23.1 Å². The summed E-state index contributed by atoms with van der Waals surface area (Å²) in [4.78, 5) is 10.3. The SMILES string of the molecule is CCCN(C(C)C)S(=O)(=O)c1cc(C(=O)O)ccc1F. The van der Waals surface area contributed by atoms with Crippen LogP contribution in [0, 0.1) is 5.82 Å². The molecule has 112 valence electrons. The summed E-state index contributed by atoms with van der Waals surface area (Å²) in [6, 6.07) is 2.42. The molecule has 0 atom stereocenters. The molecule has 0 spiro atoms. The van der Waals surface area contributed by atoms with E-state index < -0.39 is 26.7 Å². The van der Waals surface area contributed by atoms with Gasteiger partial charge >= 0.3 is 5.97 Å². The third-order valence-electron chi connectivity index (χ3n) is 2.78. The Labute approximate surface area is 118 Å². The zero-order chi connectivity index (χ0) is 15.5. The second-order valence-corrected chi connectivity index (χ2v) is 6.52. The van der Waals surface area contributed by atoms with Gasteiger partial charge in [-0.05, 0) is 38.5 Å². The van der Waals surface area contributed by atoms with E-state index in [-0.39, 0.29) is 18.2 Å². The molecule has 1 N–H and O–H groups in total. The van der Waals surface area contributed by atoms with Crippen molar-refractivity contribution in [3.63, 3.8) is 0 Å². The number of carboxylic acids is 1. The van der Waals surface area contributed by atoms with Crippen molar-refractivity contribution in [2.45, 2.75) is 38.1 Å². The van der Waals surface area contributed by atoms with Crippen LogP contribution in [0.3, 0.4) is 0 Å². The van der Waals surface area contributed by atoms with E-state index >= 15 is 0 Å². The van der Waals surface area contributed by atoms with Crippen molar-refractivity contribution in [2.75, 3.05) is 6.54 Å². The lowest BCUT2D eigenvalue weighted by atomic mass is 10.2. The molecular weight excluding hydrogens is 285 g/mol. The van der Waals surface area contributed by atoms with E-state index in [4.69, 9.17) is 5.11 Å².